The van der Waals surface area contributed by atoms with E-state index < -0.39 is 17.9 Å². The van der Waals surface area contributed by atoms with Crippen LogP contribution in [0.25, 0.3) is 6.08 Å². The minimum Gasteiger partial charge on any atom is -0.478 e. The number of carboxylic acids is 1. The molecule has 5 nitrogen and oxygen atoms in total. The summed E-state index contributed by atoms with van der Waals surface area (Å²) in [5.41, 5.74) is 1.56. The molecule has 0 aliphatic carbocycles. The number of carbonyl (C=O) groups is 3. The molecular formula is C17H18O5. The Kier molecular flexibility index (Phi) is 9.35. The monoisotopic (exact) mass is 302 g/mol. The maximum absolute atomic E-state index is 9.92. The minimum absolute atomic E-state index is 0.389. The Morgan fingerprint density at radius 1 is 1.14 bits per heavy atom. The summed E-state index contributed by atoms with van der Waals surface area (Å²) >= 11 is 0. The quantitative estimate of drug-likeness (QED) is 0.516. The van der Waals surface area contributed by atoms with E-state index in [1.54, 1.807) is 19.9 Å². The molecule has 0 fully saturated rings. The molecule has 116 valence electrons. The smallest absolute Gasteiger partial charge is 0.338 e. The van der Waals surface area contributed by atoms with Gasteiger partial charge in [-0.2, -0.15) is 0 Å². The molecule has 1 aromatic carbocycles. The lowest BCUT2D eigenvalue weighted by atomic mass is 10.2. The zero-order chi connectivity index (χ0) is 17.0. The lowest BCUT2D eigenvalue weighted by molar-refractivity contribution is -0.150. The van der Waals surface area contributed by atoms with Crippen LogP contribution in [0.3, 0.4) is 0 Å². The van der Waals surface area contributed by atoms with Crippen molar-refractivity contribution in [1.82, 2.24) is 0 Å². The standard InChI is InChI=1S/C8H8.C5H8O2.C4H2O3/c1-2-8-6-4-3-5-7-8;1-3-4(2)5(6)7;5-3-1-2-4(6)7-3/h2-7H,1H2;3H,1-2H3,(H,6,7);1-2H. The second-order valence-electron chi connectivity index (χ2n) is 3.97. The first-order valence-corrected chi connectivity index (χ1v) is 6.38. The largest absolute Gasteiger partial charge is 0.478 e. The molecule has 0 bridgehead atoms. The van der Waals surface area contributed by atoms with Gasteiger partial charge in [-0.1, -0.05) is 49.1 Å². The molecule has 5 heteroatoms. The average Bonchev–Trinajstić information content (AvgIpc) is 2.91. The van der Waals surface area contributed by atoms with Gasteiger partial charge in [0.15, 0.2) is 0 Å². The first-order chi connectivity index (χ1) is 10.4. The summed E-state index contributed by atoms with van der Waals surface area (Å²) in [7, 11) is 0. The molecule has 2 rings (SSSR count). The zero-order valence-electron chi connectivity index (χ0n) is 12.5. The van der Waals surface area contributed by atoms with Crippen LogP contribution < -0.4 is 0 Å². The lowest BCUT2D eigenvalue weighted by Crippen LogP contribution is -1.96. The van der Waals surface area contributed by atoms with Crippen molar-refractivity contribution in [3.05, 3.63) is 66.3 Å². The number of carbonyl (C=O) groups excluding carboxylic acids is 2. The third kappa shape index (κ3) is 9.03. The van der Waals surface area contributed by atoms with Crippen LogP contribution in [-0.4, -0.2) is 23.0 Å². The van der Waals surface area contributed by atoms with Gasteiger partial charge < -0.3 is 9.84 Å². The summed E-state index contributed by atoms with van der Waals surface area (Å²) < 4.78 is 3.97. The second kappa shape index (κ2) is 10.8. The molecule has 0 atom stereocenters. The predicted molar refractivity (Wildman–Crippen MR) is 83.8 cm³/mol. The lowest BCUT2D eigenvalue weighted by Gasteiger charge is -1.85. The molecule has 0 radical (unpaired) electrons. The fraction of sp³-hybridized carbons (Fsp3) is 0.118. The predicted octanol–water partition coefficient (Wildman–Crippen LogP) is 2.99. The van der Waals surface area contributed by atoms with E-state index >= 15 is 0 Å². The van der Waals surface area contributed by atoms with Gasteiger partial charge >= 0.3 is 17.9 Å². The first-order valence-electron chi connectivity index (χ1n) is 6.38. The van der Waals surface area contributed by atoms with E-state index in [1.165, 1.54) is 5.56 Å². The molecule has 0 amide bonds. The number of ether oxygens (including phenoxy) is 1. The van der Waals surface area contributed by atoms with E-state index in [0.717, 1.165) is 12.2 Å². The van der Waals surface area contributed by atoms with Crippen molar-refractivity contribution < 1.29 is 24.2 Å². The van der Waals surface area contributed by atoms with Crippen LogP contribution in [0.2, 0.25) is 0 Å². The van der Waals surface area contributed by atoms with Crippen molar-refractivity contribution in [1.29, 1.82) is 0 Å². The van der Waals surface area contributed by atoms with E-state index in [4.69, 9.17) is 5.11 Å². The summed E-state index contributed by atoms with van der Waals surface area (Å²) in [6.07, 6.45) is 5.56. The Morgan fingerprint density at radius 3 is 1.82 bits per heavy atom. The minimum atomic E-state index is -0.845. The third-order valence-corrected chi connectivity index (χ3v) is 2.36. The van der Waals surface area contributed by atoms with Gasteiger partial charge in [0.05, 0.1) is 0 Å². The summed E-state index contributed by atoms with van der Waals surface area (Å²) in [5.74, 6) is -2.00. The van der Waals surface area contributed by atoms with Gasteiger partial charge in [-0.05, 0) is 19.4 Å². The highest BCUT2D eigenvalue weighted by Crippen LogP contribution is 1.97. The Morgan fingerprint density at radius 2 is 1.64 bits per heavy atom. The third-order valence-electron chi connectivity index (χ3n) is 2.36. The van der Waals surface area contributed by atoms with Gasteiger partial charge in [0.1, 0.15) is 0 Å². The van der Waals surface area contributed by atoms with Crippen LogP contribution in [0.4, 0.5) is 0 Å². The molecule has 1 aliphatic rings. The van der Waals surface area contributed by atoms with Crippen molar-refractivity contribution in [2.45, 2.75) is 13.8 Å². The number of rotatable bonds is 2. The number of aliphatic carboxylic acids is 1. The number of allylic oxidation sites excluding steroid dienone is 1. The molecule has 0 saturated heterocycles. The van der Waals surface area contributed by atoms with Crippen molar-refractivity contribution in [2.75, 3.05) is 0 Å². The van der Waals surface area contributed by atoms with E-state index in [-0.39, 0.29) is 0 Å². The number of carboxylic acid groups (broad SMARTS) is 1. The van der Waals surface area contributed by atoms with Crippen LogP contribution in [0.15, 0.2) is 60.7 Å². The Bertz CT molecular complexity index is 564. The maximum atomic E-state index is 9.92. The molecule has 22 heavy (non-hydrogen) atoms. The molecule has 1 heterocycles. The fourth-order valence-corrected chi connectivity index (χ4v) is 1.02. The number of hydrogen-bond donors (Lipinski definition) is 1. The summed E-state index contributed by atoms with van der Waals surface area (Å²) in [6, 6.07) is 10.0. The Labute approximate surface area is 129 Å². The van der Waals surface area contributed by atoms with Crippen LogP contribution in [0.1, 0.15) is 19.4 Å². The van der Waals surface area contributed by atoms with E-state index in [2.05, 4.69) is 11.3 Å². The van der Waals surface area contributed by atoms with Crippen molar-refractivity contribution in [2.24, 2.45) is 0 Å². The fourth-order valence-electron chi connectivity index (χ4n) is 1.02. The van der Waals surface area contributed by atoms with Gasteiger partial charge in [-0.3, -0.25) is 0 Å². The highest BCUT2D eigenvalue weighted by molar-refractivity contribution is 6.04. The zero-order valence-corrected chi connectivity index (χ0v) is 12.5. The van der Waals surface area contributed by atoms with E-state index in [1.807, 2.05) is 36.4 Å². The SMILES string of the molecule is C=Cc1ccccc1.CC=C(C)C(=O)O.O=C1C=CC(=O)O1. The summed E-state index contributed by atoms with van der Waals surface area (Å²) in [6.45, 7) is 6.89. The topological polar surface area (TPSA) is 80.7 Å². The molecule has 1 N–H and O–H groups in total. The number of hydrogen-bond acceptors (Lipinski definition) is 4. The van der Waals surface area contributed by atoms with Crippen molar-refractivity contribution >= 4 is 24.0 Å². The molecule has 0 saturated carbocycles. The molecule has 0 aromatic heterocycles. The van der Waals surface area contributed by atoms with Crippen LogP contribution >= 0.6 is 0 Å². The highest BCUT2D eigenvalue weighted by Gasteiger charge is 2.10. The molecule has 0 unspecified atom stereocenters. The first kappa shape index (κ1) is 19.1. The van der Waals surface area contributed by atoms with Gasteiger partial charge in [0.2, 0.25) is 0 Å². The van der Waals surface area contributed by atoms with E-state index in [9.17, 15) is 14.4 Å². The van der Waals surface area contributed by atoms with Gasteiger partial charge in [-0.25, -0.2) is 14.4 Å². The number of benzene rings is 1. The molecule has 1 aliphatic heterocycles. The average molecular weight is 302 g/mol. The Balaban J connectivity index is 0.000000302. The van der Waals surface area contributed by atoms with Crippen LogP contribution in [0.5, 0.6) is 0 Å². The van der Waals surface area contributed by atoms with Crippen molar-refractivity contribution in [3.63, 3.8) is 0 Å². The van der Waals surface area contributed by atoms with Crippen LogP contribution in [0, 0.1) is 0 Å². The molecule has 0 spiro atoms. The normalized spacial score (nSPS) is 12.4. The van der Waals surface area contributed by atoms with Crippen LogP contribution in [-0.2, 0) is 19.1 Å². The van der Waals surface area contributed by atoms with Gasteiger partial charge in [0, 0.05) is 17.7 Å². The number of cyclic esters (lactones) is 2. The van der Waals surface area contributed by atoms with Gasteiger partial charge in [0.25, 0.3) is 0 Å². The molecule has 1 aromatic rings. The maximum Gasteiger partial charge on any atom is 0.338 e. The summed E-state index contributed by atoms with van der Waals surface area (Å²) in [4.78, 5) is 29.7. The molecular weight excluding hydrogens is 284 g/mol. The Hall–Kier alpha value is -2.95. The summed E-state index contributed by atoms with van der Waals surface area (Å²) in [5, 5.41) is 8.11. The second-order valence-corrected chi connectivity index (χ2v) is 3.97. The highest BCUT2D eigenvalue weighted by atomic mass is 16.6. The van der Waals surface area contributed by atoms with Gasteiger partial charge in [-0.15, -0.1) is 0 Å². The van der Waals surface area contributed by atoms with E-state index in [0.29, 0.717) is 5.57 Å². The number of esters is 2. The van der Waals surface area contributed by atoms with Crippen molar-refractivity contribution in [3.8, 4) is 0 Å².